The fourth-order valence-electron chi connectivity index (χ4n) is 3.96. The van der Waals surface area contributed by atoms with Gasteiger partial charge in [0.1, 0.15) is 0 Å². The van der Waals surface area contributed by atoms with Crippen molar-refractivity contribution in [3.63, 3.8) is 0 Å². The van der Waals surface area contributed by atoms with Gasteiger partial charge in [0.25, 0.3) is 0 Å². The summed E-state index contributed by atoms with van der Waals surface area (Å²) in [4.78, 5) is 0. The Hall–Kier alpha value is -0.570. The molecular formula is C19H28ClNO. The van der Waals surface area contributed by atoms with Crippen LogP contribution in [-0.4, -0.2) is 25.8 Å². The number of halogens is 1. The van der Waals surface area contributed by atoms with Crippen LogP contribution in [0.2, 0.25) is 5.02 Å². The maximum atomic E-state index is 6.34. The normalized spacial score (nSPS) is 27.0. The summed E-state index contributed by atoms with van der Waals surface area (Å²) in [6.45, 7) is 3.04. The third-order valence-corrected chi connectivity index (χ3v) is 5.74. The fraction of sp³-hybridized carbons (Fsp3) is 0.684. The van der Waals surface area contributed by atoms with Crippen LogP contribution in [-0.2, 0) is 4.74 Å². The molecule has 0 radical (unpaired) electrons. The van der Waals surface area contributed by atoms with Crippen LogP contribution in [0.4, 0.5) is 0 Å². The van der Waals surface area contributed by atoms with E-state index >= 15 is 0 Å². The summed E-state index contributed by atoms with van der Waals surface area (Å²) in [6.07, 6.45) is 8.99. The average Bonchev–Trinajstić information content (AvgIpc) is 2.57. The summed E-state index contributed by atoms with van der Waals surface area (Å²) in [6, 6.07) is 9.07. The summed E-state index contributed by atoms with van der Waals surface area (Å²) in [5.41, 5.74) is 1.36. The van der Waals surface area contributed by atoms with Crippen LogP contribution >= 0.6 is 11.6 Å². The minimum atomic E-state index is 0.674. The lowest BCUT2D eigenvalue weighted by atomic mass is 9.77. The van der Waals surface area contributed by atoms with Gasteiger partial charge in [0.05, 0.1) is 0 Å². The van der Waals surface area contributed by atoms with Crippen molar-refractivity contribution in [1.29, 1.82) is 0 Å². The molecule has 1 heterocycles. The molecule has 22 heavy (non-hydrogen) atoms. The van der Waals surface area contributed by atoms with Crippen LogP contribution in [0.25, 0.3) is 0 Å². The molecular weight excluding hydrogens is 294 g/mol. The van der Waals surface area contributed by atoms with Crippen molar-refractivity contribution in [2.24, 2.45) is 5.92 Å². The smallest absolute Gasteiger partial charge is 0.0480 e. The largest absolute Gasteiger partial charge is 0.381 e. The van der Waals surface area contributed by atoms with Crippen LogP contribution in [0.5, 0.6) is 0 Å². The van der Waals surface area contributed by atoms with Gasteiger partial charge in [0, 0.05) is 24.3 Å². The van der Waals surface area contributed by atoms with Crippen LogP contribution in [0.15, 0.2) is 24.3 Å². The Kier molecular flexibility index (Phi) is 6.17. The topological polar surface area (TPSA) is 21.3 Å². The van der Waals surface area contributed by atoms with Crippen molar-refractivity contribution < 1.29 is 4.74 Å². The fourth-order valence-corrected chi connectivity index (χ4v) is 4.25. The summed E-state index contributed by atoms with van der Waals surface area (Å²) < 4.78 is 5.41. The zero-order valence-corrected chi connectivity index (χ0v) is 14.2. The first kappa shape index (κ1) is 16.3. The highest BCUT2D eigenvalue weighted by atomic mass is 35.5. The number of benzene rings is 1. The molecule has 1 saturated heterocycles. The number of rotatable bonds is 5. The standard InChI is InChI=1S/C19H28ClNO/c20-19-4-2-1-3-18(19)16-7-5-15(6-8-16)9-12-21-17-10-13-22-14-11-17/h1-4,15-17,21H,5-14H2. The van der Waals surface area contributed by atoms with Crippen LogP contribution in [0.3, 0.4) is 0 Å². The molecule has 2 fully saturated rings. The van der Waals surface area contributed by atoms with Crippen LogP contribution in [0, 0.1) is 5.92 Å². The van der Waals surface area contributed by atoms with Crippen molar-refractivity contribution in [3.8, 4) is 0 Å². The highest BCUT2D eigenvalue weighted by molar-refractivity contribution is 6.31. The van der Waals surface area contributed by atoms with E-state index in [1.807, 2.05) is 12.1 Å². The first-order valence-electron chi connectivity index (χ1n) is 8.88. The number of hydrogen-bond acceptors (Lipinski definition) is 2. The van der Waals surface area contributed by atoms with E-state index in [1.54, 1.807) is 0 Å². The van der Waals surface area contributed by atoms with Crippen molar-refractivity contribution >= 4 is 11.6 Å². The van der Waals surface area contributed by atoms with Gasteiger partial charge in [-0.25, -0.2) is 0 Å². The minimum Gasteiger partial charge on any atom is -0.381 e. The molecule has 1 N–H and O–H groups in total. The summed E-state index contributed by atoms with van der Waals surface area (Å²) in [5, 5.41) is 4.67. The van der Waals surface area contributed by atoms with E-state index in [1.165, 1.54) is 57.1 Å². The lowest BCUT2D eigenvalue weighted by Gasteiger charge is -2.30. The molecule has 1 saturated carbocycles. The molecule has 1 aliphatic carbocycles. The second-order valence-electron chi connectivity index (χ2n) is 6.87. The molecule has 1 aliphatic heterocycles. The van der Waals surface area contributed by atoms with Crippen molar-refractivity contribution in [1.82, 2.24) is 5.32 Å². The molecule has 1 aromatic rings. The van der Waals surface area contributed by atoms with E-state index in [0.29, 0.717) is 12.0 Å². The lowest BCUT2D eigenvalue weighted by molar-refractivity contribution is 0.0775. The molecule has 3 heteroatoms. The SMILES string of the molecule is Clc1ccccc1C1CCC(CCNC2CCOCC2)CC1. The van der Waals surface area contributed by atoms with Gasteiger partial charge in [0.2, 0.25) is 0 Å². The predicted molar refractivity (Wildman–Crippen MR) is 92.6 cm³/mol. The van der Waals surface area contributed by atoms with E-state index in [4.69, 9.17) is 16.3 Å². The van der Waals surface area contributed by atoms with E-state index in [2.05, 4.69) is 17.4 Å². The Morgan fingerprint density at radius 3 is 2.45 bits per heavy atom. The maximum Gasteiger partial charge on any atom is 0.0480 e. The van der Waals surface area contributed by atoms with Gasteiger partial charge in [-0.3, -0.25) is 0 Å². The molecule has 0 bridgehead atoms. The molecule has 0 atom stereocenters. The van der Waals surface area contributed by atoms with E-state index in [-0.39, 0.29) is 0 Å². The van der Waals surface area contributed by atoms with Gasteiger partial charge in [-0.2, -0.15) is 0 Å². The number of nitrogens with one attached hydrogen (secondary N) is 1. The summed E-state index contributed by atoms with van der Waals surface area (Å²) in [7, 11) is 0. The Morgan fingerprint density at radius 2 is 1.73 bits per heavy atom. The Morgan fingerprint density at radius 1 is 1.00 bits per heavy atom. The van der Waals surface area contributed by atoms with E-state index in [9.17, 15) is 0 Å². The third-order valence-electron chi connectivity index (χ3n) is 5.40. The zero-order valence-electron chi connectivity index (χ0n) is 13.4. The van der Waals surface area contributed by atoms with Crippen molar-refractivity contribution in [2.45, 2.75) is 56.9 Å². The second kappa shape index (κ2) is 8.33. The molecule has 0 aromatic heterocycles. The molecule has 2 nitrogen and oxygen atoms in total. The lowest BCUT2D eigenvalue weighted by Crippen LogP contribution is -2.36. The van der Waals surface area contributed by atoms with Gasteiger partial charge in [-0.1, -0.05) is 29.8 Å². The molecule has 2 aliphatic rings. The van der Waals surface area contributed by atoms with E-state index < -0.39 is 0 Å². The molecule has 0 spiro atoms. The predicted octanol–water partition coefficient (Wildman–Crippen LogP) is 4.77. The van der Waals surface area contributed by atoms with Gasteiger partial charge in [-0.05, 0) is 75.0 Å². The molecule has 1 aromatic carbocycles. The molecule has 122 valence electrons. The zero-order chi connectivity index (χ0) is 15.2. The number of ether oxygens (including phenoxy) is 1. The van der Waals surface area contributed by atoms with Gasteiger partial charge >= 0.3 is 0 Å². The molecule has 3 rings (SSSR count). The summed E-state index contributed by atoms with van der Waals surface area (Å²) >= 11 is 6.34. The van der Waals surface area contributed by atoms with Crippen molar-refractivity contribution in [2.75, 3.05) is 19.8 Å². The third kappa shape index (κ3) is 4.47. The Labute approximate surface area is 139 Å². The monoisotopic (exact) mass is 321 g/mol. The molecule has 0 unspecified atom stereocenters. The maximum absolute atomic E-state index is 6.34. The quantitative estimate of drug-likeness (QED) is 0.843. The van der Waals surface area contributed by atoms with Gasteiger partial charge < -0.3 is 10.1 Å². The van der Waals surface area contributed by atoms with Crippen LogP contribution in [0.1, 0.15) is 56.4 Å². The average molecular weight is 322 g/mol. The highest BCUT2D eigenvalue weighted by Gasteiger charge is 2.23. The van der Waals surface area contributed by atoms with Gasteiger partial charge in [0.15, 0.2) is 0 Å². The minimum absolute atomic E-state index is 0.674. The second-order valence-corrected chi connectivity index (χ2v) is 7.28. The first-order valence-corrected chi connectivity index (χ1v) is 9.26. The van der Waals surface area contributed by atoms with Crippen LogP contribution < -0.4 is 5.32 Å². The van der Waals surface area contributed by atoms with Gasteiger partial charge in [-0.15, -0.1) is 0 Å². The Bertz CT molecular complexity index is 451. The summed E-state index contributed by atoms with van der Waals surface area (Å²) in [5.74, 6) is 1.57. The first-order chi connectivity index (χ1) is 10.8. The van der Waals surface area contributed by atoms with E-state index in [0.717, 1.165) is 24.2 Å². The Balaban J connectivity index is 1.37. The molecule has 0 amide bonds. The number of hydrogen-bond donors (Lipinski definition) is 1. The highest BCUT2D eigenvalue weighted by Crippen LogP contribution is 2.39. The van der Waals surface area contributed by atoms with Crippen molar-refractivity contribution in [3.05, 3.63) is 34.9 Å².